The number of fused-ring (bicyclic) bond motifs is 1. The Balaban J connectivity index is 1.76. The number of hydrogen-bond acceptors (Lipinski definition) is 4. The number of thiazole rings is 1. The Hall–Kier alpha value is -2.07. The Bertz CT molecular complexity index is 736. The van der Waals surface area contributed by atoms with Gasteiger partial charge in [0.15, 0.2) is 5.13 Å². The number of aromatic nitrogens is 1. The Morgan fingerprint density at radius 1 is 1.20 bits per heavy atom. The van der Waals surface area contributed by atoms with Gasteiger partial charge in [-0.2, -0.15) is 0 Å². The molecular weight excluding hydrogens is 268 g/mol. The summed E-state index contributed by atoms with van der Waals surface area (Å²) in [5.74, 6) is 0.879. The molecule has 0 amide bonds. The summed E-state index contributed by atoms with van der Waals surface area (Å²) >= 11 is 1.69. The molecule has 0 atom stereocenters. The second-order valence-corrected chi connectivity index (χ2v) is 5.73. The van der Waals surface area contributed by atoms with E-state index >= 15 is 0 Å². The van der Waals surface area contributed by atoms with Gasteiger partial charge in [-0.15, -0.1) is 0 Å². The van der Waals surface area contributed by atoms with E-state index in [1.807, 2.05) is 18.2 Å². The van der Waals surface area contributed by atoms with Crippen molar-refractivity contribution in [3.8, 4) is 5.75 Å². The Morgan fingerprint density at radius 2 is 2.10 bits per heavy atom. The highest BCUT2D eigenvalue weighted by molar-refractivity contribution is 7.22. The quantitative estimate of drug-likeness (QED) is 0.778. The van der Waals surface area contributed by atoms with Gasteiger partial charge in [0.1, 0.15) is 5.75 Å². The lowest BCUT2D eigenvalue weighted by atomic mass is 10.2. The molecular formula is C16H16N2OS. The fourth-order valence-corrected chi connectivity index (χ4v) is 3.03. The lowest BCUT2D eigenvalue weighted by Gasteiger charge is -2.05. The van der Waals surface area contributed by atoms with Crippen LogP contribution in [0.3, 0.4) is 0 Å². The molecule has 1 heterocycles. The molecule has 0 spiro atoms. The number of aryl methyl sites for hydroxylation is 1. The molecule has 20 heavy (non-hydrogen) atoms. The molecule has 3 rings (SSSR count). The van der Waals surface area contributed by atoms with Crippen LogP contribution in [0.2, 0.25) is 0 Å². The largest absolute Gasteiger partial charge is 0.497 e. The highest BCUT2D eigenvalue weighted by Crippen LogP contribution is 2.27. The van der Waals surface area contributed by atoms with Crippen LogP contribution in [-0.4, -0.2) is 12.1 Å². The van der Waals surface area contributed by atoms with Crippen molar-refractivity contribution in [3.63, 3.8) is 0 Å². The minimum Gasteiger partial charge on any atom is -0.497 e. The van der Waals surface area contributed by atoms with E-state index in [0.29, 0.717) is 0 Å². The monoisotopic (exact) mass is 284 g/mol. The summed E-state index contributed by atoms with van der Waals surface area (Å²) in [6.07, 6.45) is 0. The van der Waals surface area contributed by atoms with E-state index in [0.717, 1.165) is 22.9 Å². The fourth-order valence-electron chi connectivity index (χ4n) is 2.07. The van der Waals surface area contributed by atoms with Gasteiger partial charge in [-0.3, -0.25) is 0 Å². The van der Waals surface area contributed by atoms with Crippen LogP contribution in [0, 0.1) is 6.92 Å². The SMILES string of the molecule is COc1cccc(CNc2nc3ccc(C)cc3s2)c1. The number of rotatable bonds is 4. The lowest BCUT2D eigenvalue weighted by molar-refractivity contribution is 0.414. The highest BCUT2D eigenvalue weighted by Gasteiger charge is 2.04. The summed E-state index contributed by atoms with van der Waals surface area (Å²) in [5, 5.41) is 4.33. The molecule has 0 radical (unpaired) electrons. The third-order valence-electron chi connectivity index (χ3n) is 3.12. The summed E-state index contributed by atoms with van der Waals surface area (Å²) in [5.41, 5.74) is 3.49. The molecule has 1 N–H and O–H groups in total. The first-order valence-electron chi connectivity index (χ1n) is 6.48. The number of methoxy groups -OCH3 is 1. The number of benzene rings is 2. The van der Waals surface area contributed by atoms with Crippen LogP contribution in [0.1, 0.15) is 11.1 Å². The number of hydrogen-bond donors (Lipinski definition) is 1. The molecule has 0 fully saturated rings. The van der Waals surface area contributed by atoms with Gasteiger partial charge in [0.25, 0.3) is 0 Å². The van der Waals surface area contributed by atoms with Crippen LogP contribution in [0.25, 0.3) is 10.2 Å². The van der Waals surface area contributed by atoms with Crippen molar-refractivity contribution in [1.29, 1.82) is 0 Å². The minimum absolute atomic E-state index is 0.746. The average Bonchev–Trinajstić information content (AvgIpc) is 2.87. The third kappa shape index (κ3) is 2.75. The molecule has 2 aromatic carbocycles. The molecule has 4 heteroatoms. The lowest BCUT2D eigenvalue weighted by Crippen LogP contribution is -1.98. The minimum atomic E-state index is 0.746. The topological polar surface area (TPSA) is 34.1 Å². The second-order valence-electron chi connectivity index (χ2n) is 4.70. The van der Waals surface area contributed by atoms with Gasteiger partial charge in [-0.25, -0.2) is 4.98 Å². The van der Waals surface area contributed by atoms with Crippen LogP contribution in [0.15, 0.2) is 42.5 Å². The zero-order valence-electron chi connectivity index (χ0n) is 11.5. The van der Waals surface area contributed by atoms with Crippen LogP contribution < -0.4 is 10.1 Å². The van der Waals surface area contributed by atoms with E-state index in [2.05, 4.69) is 41.5 Å². The van der Waals surface area contributed by atoms with Gasteiger partial charge in [0, 0.05) is 6.54 Å². The van der Waals surface area contributed by atoms with Gasteiger partial charge in [0.05, 0.1) is 17.3 Å². The van der Waals surface area contributed by atoms with Gasteiger partial charge in [-0.1, -0.05) is 29.5 Å². The van der Waals surface area contributed by atoms with Gasteiger partial charge in [-0.05, 0) is 42.3 Å². The number of nitrogens with one attached hydrogen (secondary N) is 1. The molecule has 0 aliphatic rings. The molecule has 0 saturated carbocycles. The normalized spacial score (nSPS) is 10.7. The van der Waals surface area contributed by atoms with E-state index in [1.165, 1.54) is 15.8 Å². The molecule has 0 saturated heterocycles. The predicted octanol–water partition coefficient (Wildman–Crippen LogP) is 4.23. The molecule has 0 aliphatic heterocycles. The molecule has 3 nitrogen and oxygen atoms in total. The van der Waals surface area contributed by atoms with Gasteiger partial charge >= 0.3 is 0 Å². The Morgan fingerprint density at radius 3 is 2.95 bits per heavy atom. The van der Waals surface area contributed by atoms with Crippen molar-refractivity contribution in [2.24, 2.45) is 0 Å². The first-order valence-corrected chi connectivity index (χ1v) is 7.30. The molecule has 1 aromatic heterocycles. The van der Waals surface area contributed by atoms with Gasteiger partial charge in [0.2, 0.25) is 0 Å². The fraction of sp³-hybridized carbons (Fsp3) is 0.188. The smallest absolute Gasteiger partial charge is 0.184 e. The van der Waals surface area contributed by atoms with Crippen molar-refractivity contribution >= 4 is 26.7 Å². The number of ether oxygens (including phenoxy) is 1. The Labute approximate surface area is 122 Å². The summed E-state index contributed by atoms with van der Waals surface area (Å²) in [4.78, 5) is 4.59. The van der Waals surface area contributed by atoms with Crippen molar-refractivity contribution in [3.05, 3.63) is 53.6 Å². The van der Waals surface area contributed by atoms with Crippen LogP contribution >= 0.6 is 11.3 Å². The molecule has 0 unspecified atom stereocenters. The third-order valence-corrected chi connectivity index (χ3v) is 4.10. The molecule has 3 aromatic rings. The molecule has 102 valence electrons. The van der Waals surface area contributed by atoms with E-state index in [-0.39, 0.29) is 0 Å². The molecule has 0 aliphatic carbocycles. The highest BCUT2D eigenvalue weighted by atomic mass is 32.1. The van der Waals surface area contributed by atoms with Gasteiger partial charge < -0.3 is 10.1 Å². The summed E-state index contributed by atoms with van der Waals surface area (Å²) in [6.45, 7) is 2.85. The summed E-state index contributed by atoms with van der Waals surface area (Å²) in [6, 6.07) is 14.4. The van der Waals surface area contributed by atoms with E-state index in [9.17, 15) is 0 Å². The predicted molar refractivity (Wildman–Crippen MR) is 84.7 cm³/mol. The van der Waals surface area contributed by atoms with E-state index < -0.39 is 0 Å². The first kappa shape index (κ1) is 12.9. The molecule has 0 bridgehead atoms. The van der Waals surface area contributed by atoms with Crippen molar-refractivity contribution < 1.29 is 4.74 Å². The summed E-state index contributed by atoms with van der Waals surface area (Å²) in [7, 11) is 1.68. The van der Waals surface area contributed by atoms with Crippen LogP contribution in [-0.2, 0) is 6.54 Å². The standard InChI is InChI=1S/C16H16N2OS/c1-11-6-7-14-15(8-11)20-16(18-14)17-10-12-4-3-5-13(9-12)19-2/h3-9H,10H2,1-2H3,(H,17,18). The Kier molecular flexibility index (Phi) is 3.56. The van der Waals surface area contributed by atoms with Crippen LogP contribution in [0.4, 0.5) is 5.13 Å². The average molecular weight is 284 g/mol. The van der Waals surface area contributed by atoms with Crippen LogP contribution in [0.5, 0.6) is 5.75 Å². The zero-order chi connectivity index (χ0) is 13.9. The maximum absolute atomic E-state index is 5.23. The maximum atomic E-state index is 5.23. The second kappa shape index (κ2) is 5.51. The van der Waals surface area contributed by atoms with Crippen molar-refractivity contribution in [2.45, 2.75) is 13.5 Å². The first-order chi connectivity index (χ1) is 9.74. The summed E-state index contributed by atoms with van der Waals surface area (Å²) < 4.78 is 6.45. The zero-order valence-corrected chi connectivity index (χ0v) is 12.3. The van der Waals surface area contributed by atoms with E-state index in [4.69, 9.17) is 4.74 Å². The number of nitrogens with zero attached hydrogens (tertiary/aromatic N) is 1. The van der Waals surface area contributed by atoms with Crippen molar-refractivity contribution in [2.75, 3.05) is 12.4 Å². The maximum Gasteiger partial charge on any atom is 0.184 e. The van der Waals surface area contributed by atoms with E-state index in [1.54, 1.807) is 18.4 Å². The van der Waals surface area contributed by atoms with Crippen molar-refractivity contribution in [1.82, 2.24) is 4.98 Å². The number of anilines is 1.